The van der Waals surface area contributed by atoms with Crippen molar-refractivity contribution >= 4 is 10.8 Å². The van der Waals surface area contributed by atoms with E-state index in [-0.39, 0.29) is 11.6 Å². The first-order chi connectivity index (χ1) is 8.69. The Bertz CT molecular complexity index is 429. The predicted octanol–water partition coefficient (Wildman–Crippen LogP) is 1.84. The number of ether oxygens (including phenoxy) is 1. The van der Waals surface area contributed by atoms with Crippen molar-refractivity contribution in [2.45, 2.75) is 25.4 Å². The van der Waals surface area contributed by atoms with E-state index in [0.29, 0.717) is 12.6 Å². The minimum atomic E-state index is -0.634. The zero-order valence-electron chi connectivity index (χ0n) is 10.4. The Morgan fingerprint density at radius 1 is 1.44 bits per heavy atom. The number of methoxy groups -OCH3 is 1. The van der Waals surface area contributed by atoms with Crippen molar-refractivity contribution in [3.63, 3.8) is 0 Å². The molecule has 5 heteroatoms. The highest BCUT2D eigenvalue weighted by Gasteiger charge is 2.17. The fourth-order valence-corrected chi connectivity index (χ4v) is 3.38. The van der Waals surface area contributed by atoms with Gasteiger partial charge >= 0.3 is 0 Å². The summed E-state index contributed by atoms with van der Waals surface area (Å²) < 4.78 is 29.6. The Hall–Kier alpha value is -0.940. The van der Waals surface area contributed by atoms with Crippen molar-refractivity contribution in [3.05, 3.63) is 29.6 Å². The van der Waals surface area contributed by atoms with Crippen LogP contribution in [0.4, 0.5) is 4.39 Å². The maximum absolute atomic E-state index is 13.5. The molecule has 1 saturated heterocycles. The first-order valence-electron chi connectivity index (χ1n) is 6.10. The van der Waals surface area contributed by atoms with Gasteiger partial charge in [0.2, 0.25) is 0 Å². The Kier molecular flexibility index (Phi) is 4.72. The van der Waals surface area contributed by atoms with Gasteiger partial charge in [-0.2, -0.15) is 0 Å². The molecule has 1 fully saturated rings. The average molecular weight is 271 g/mol. The lowest BCUT2D eigenvalue weighted by atomic mass is 10.1. The van der Waals surface area contributed by atoms with Gasteiger partial charge in [0.25, 0.3) is 0 Å². The molecule has 0 saturated carbocycles. The maximum atomic E-state index is 13.5. The van der Waals surface area contributed by atoms with Crippen LogP contribution in [0, 0.1) is 5.82 Å². The van der Waals surface area contributed by atoms with E-state index < -0.39 is 10.8 Å². The zero-order chi connectivity index (χ0) is 13.0. The first kappa shape index (κ1) is 13.5. The molecule has 1 aromatic carbocycles. The minimum absolute atomic E-state index is 0.270. The number of rotatable bonds is 4. The molecule has 1 aliphatic heterocycles. The van der Waals surface area contributed by atoms with Crippen LogP contribution in [0.25, 0.3) is 0 Å². The summed E-state index contributed by atoms with van der Waals surface area (Å²) in [5.41, 5.74) is 0.903. The van der Waals surface area contributed by atoms with Crippen molar-refractivity contribution in [1.82, 2.24) is 5.32 Å². The molecular formula is C13H18FNO2S. The zero-order valence-corrected chi connectivity index (χ0v) is 11.3. The molecule has 1 aromatic rings. The first-order valence-corrected chi connectivity index (χ1v) is 7.58. The Balaban J connectivity index is 1.86. The summed E-state index contributed by atoms with van der Waals surface area (Å²) in [6.45, 7) is 0.637. The molecule has 0 spiro atoms. The summed E-state index contributed by atoms with van der Waals surface area (Å²) in [4.78, 5) is 0. The number of nitrogens with one attached hydrogen (secondary N) is 1. The van der Waals surface area contributed by atoms with E-state index in [1.807, 2.05) is 6.07 Å². The Morgan fingerprint density at radius 2 is 2.17 bits per heavy atom. The van der Waals surface area contributed by atoms with E-state index >= 15 is 0 Å². The molecule has 3 nitrogen and oxygen atoms in total. The summed E-state index contributed by atoms with van der Waals surface area (Å²) >= 11 is 0. The van der Waals surface area contributed by atoms with Crippen LogP contribution < -0.4 is 10.1 Å². The van der Waals surface area contributed by atoms with Gasteiger partial charge in [-0.1, -0.05) is 6.07 Å². The van der Waals surface area contributed by atoms with Gasteiger partial charge in [0.05, 0.1) is 7.11 Å². The van der Waals surface area contributed by atoms with Gasteiger partial charge < -0.3 is 10.1 Å². The second-order valence-electron chi connectivity index (χ2n) is 4.47. The average Bonchev–Trinajstić information content (AvgIpc) is 2.38. The summed E-state index contributed by atoms with van der Waals surface area (Å²) in [7, 11) is 0.823. The number of hydrogen-bond acceptors (Lipinski definition) is 3. The second kappa shape index (κ2) is 6.29. The quantitative estimate of drug-likeness (QED) is 0.908. The number of benzene rings is 1. The summed E-state index contributed by atoms with van der Waals surface area (Å²) in [5.74, 6) is 1.48. The van der Waals surface area contributed by atoms with Crippen molar-refractivity contribution in [1.29, 1.82) is 0 Å². The molecule has 0 aromatic heterocycles. The minimum Gasteiger partial charge on any atom is -0.494 e. The van der Waals surface area contributed by atoms with Gasteiger partial charge in [-0.05, 0) is 30.5 Å². The fraction of sp³-hybridized carbons (Fsp3) is 0.538. The van der Waals surface area contributed by atoms with Crippen LogP contribution in [0.3, 0.4) is 0 Å². The molecular weight excluding hydrogens is 253 g/mol. The Labute approximate surface area is 109 Å². The van der Waals surface area contributed by atoms with Crippen LogP contribution in [0.1, 0.15) is 18.4 Å². The summed E-state index contributed by atoms with van der Waals surface area (Å²) in [5, 5.41) is 3.38. The second-order valence-corrected chi connectivity index (χ2v) is 6.17. The standard InChI is InChI=1S/C13H18FNO2S/c1-17-13-3-2-10(8-12(13)14)9-15-11-4-6-18(16)7-5-11/h2-3,8,11,15H,4-7,9H2,1H3. The summed E-state index contributed by atoms with van der Waals surface area (Å²) in [6, 6.07) is 5.39. The van der Waals surface area contributed by atoms with Crippen LogP contribution in [0.15, 0.2) is 18.2 Å². The van der Waals surface area contributed by atoms with E-state index in [4.69, 9.17) is 4.74 Å². The lowest BCUT2D eigenvalue weighted by Crippen LogP contribution is -2.35. The molecule has 1 heterocycles. The highest BCUT2D eigenvalue weighted by Crippen LogP contribution is 2.18. The third-order valence-corrected chi connectivity index (χ3v) is 4.58. The van der Waals surface area contributed by atoms with Crippen molar-refractivity contribution in [3.8, 4) is 5.75 Å². The highest BCUT2D eigenvalue weighted by molar-refractivity contribution is 7.85. The van der Waals surface area contributed by atoms with E-state index in [1.54, 1.807) is 6.07 Å². The topological polar surface area (TPSA) is 38.3 Å². The van der Waals surface area contributed by atoms with Crippen molar-refractivity contribution in [2.75, 3.05) is 18.6 Å². The largest absolute Gasteiger partial charge is 0.494 e. The van der Waals surface area contributed by atoms with Crippen LogP contribution in [0.5, 0.6) is 5.75 Å². The number of halogens is 1. The third-order valence-electron chi connectivity index (χ3n) is 3.20. The third kappa shape index (κ3) is 3.53. The molecule has 0 bridgehead atoms. The number of hydrogen-bond donors (Lipinski definition) is 1. The van der Waals surface area contributed by atoms with Crippen LogP contribution >= 0.6 is 0 Å². The van der Waals surface area contributed by atoms with Crippen molar-refractivity contribution < 1.29 is 13.3 Å². The molecule has 18 heavy (non-hydrogen) atoms. The molecule has 100 valence electrons. The van der Waals surface area contributed by atoms with Crippen molar-refractivity contribution in [2.24, 2.45) is 0 Å². The maximum Gasteiger partial charge on any atom is 0.165 e. The predicted molar refractivity (Wildman–Crippen MR) is 70.7 cm³/mol. The normalized spacial score (nSPS) is 23.9. The van der Waals surface area contributed by atoms with E-state index in [9.17, 15) is 8.60 Å². The fourth-order valence-electron chi connectivity index (χ4n) is 2.08. The van der Waals surface area contributed by atoms with E-state index in [2.05, 4.69) is 5.32 Å². The van der Waals surface area contributed by atoms with Gasteiger partial charge in [-0.25, -0.2) is 4.39 Å². The van der Waals surface area contributed by atoms with Crippen LogP contribution in [0.2, 0.25) is 0 Å². The van der Waals surface area contributed by atoms with Crippen LogP contribution in [-0.4, -0.2) is 28.9 Å². The molecule has 0 unspecified atom stereocenters. The SMILES string of the molecule is COc1ccc(CNC2CCS(=O)CC2)cc1F. The summed E-state index contributed by atoms with van der Waals surface area (Å²) in [6.07, 6.45) is 1.87. The van der Waals surface area contributed by atoms with Crippen LogP contribution in [-0.2, 0) is 17.3 Å². The van der Waals surface area contributed by atoms with Gasteiger partial charge in [0.15, 0.2) is 11.6 Å². The lowest BCUT2D eigenvalue weighted by molar-refractivity contribution is 0.385. The smallest absolute Gasteiger partial charge is 0.165 e. The Morgan fingerprint density at radius 3 is 2.78 bits per heavy atom. The molecule has 0 atom stereocenters. The van der Waals surface area contributed by atoms with Gasteiger partial charge in [0.1, 0.15) is 0 Å². The van der Waals surface area contributed by atoms with Gasteiger partial charge in [-0.3, -0.25) is 4.21 Å². The van der Waals surface area contributed by atoms with E-state index in [1.165, 1.54) is 13.2 Å². The highest BCUT2D eigenvalue weighted by atomic mass is 32.2. The lowest BCUT2D eigenvalue weighted by Gasteiger charge is -2.22. The molecule has 0 aliphatic carbocycles. The van der Waals surface area contributed by atoms with Gasteiger partial charge in [-0.15, -0.1) is 0 Å². The molecule has 0 radical (unpaired) electrons. The molecule has 0 amide bonds. The van der Waals surface area contributed by atoms with E-state index in [0.717, 1.165) is 29.9 Å². The monoisotopic (exact) mass is 271 g/mol. The molecule has 1 N–H and O–H groups in total. The molecule has 1 aliphatic rings. The van der Waals surface area contributed by atoms with Gasteiger partial charge in [0, 0.05) is 34.9 Å². The molecule has 2 rings (SSSR count).